The number of hydrogen-bond acceptors (Lipinski definition) is 2. The first kappa shape index (κ1) is 15.4. The Morgan fingerprint density at radius 3 is 1.46 bits per heavy atom. The lowest BCUT2D eigenvalue weighted by molar-refractivity contribution is 0.0686. The lowest BCUT2D eigenvalue weighted by Gasteiger charge is -1.93. The molecular formula is C18H14N2O4. The molecule has 4 aromatic rings. The Morgan fingerprint density at radius 2 is 1.08 bits per heavy atom. The summed E-state index contributed by atoms with van der Waals surface area (Å²) < 4.78 is 0. The Hall–Kier alpha value is -3.54. The van der Waals surface area contributed by atoms with E-state index in [2.05, 4.69) is 9.97 Å². The zero-order chi connectivity index (χ0) is 17.1. The summed E-state index contributed by atoms with van der Waals surface area (Å²) in [6.45, 7) is 0. The maximum atomic E-state index is 10.6. The van der Waals surface area contributed by atoms with Gasteiger partial charge in [-0.1, -0.05) is 12.1 Å². The quantitative estimate of drug-likeness (QED) is 0.451. The van der Waals surface area contributed by atoms with Gasteiger partial charge in [0.1, 0.15) is 0 Å². The first-order chi connectivity index (χ1) is 11.5. The van der Waals surface area contributed by atoms with Crippen molar-refractivity contribution in [2.24, 2.45) is 0 Å². The number of H-pyrrole nitrogens is 2. The largest absolute Gasteiger partial charge is 0.478 e. The molecule has 2 aromatic heterocycles. The van der Waals surface area contributed by atoms with Crippen LogP contribution in [0.1, 0.15) is 20.7 Å². The third-order valence-electron chi connectivity index (χ3n) is 3.60. The molecule has 6 heteroatoms. The fourth-order valence-electron chi connectivity index (χ4n) is 2.36. The van der Waals surface area contributed by atoms with Crippen molar-refractivity contribution in [3.05, 3.63) is 72.1 Å². The summed E-state index contributed by atoms with van der Waals surface area (Å²) in [6, 6.07) is 13.8. The summed E-state index contributed by atoms with van der Waals surface area (Å²) >= 11 is 0. The van der Waals surface area contributed by atoms with Gasteiger partial charge in [0.25, 0.3) is 0 Å². The Balaban J connectivity index is 0.000000141. The van der Waals surface area contributed by atoms with Gasteiger partial charge in [-0.15, -0.1) is 0 Å². The molecule has 0 bridgehead atoms. The average Bonchev–Trinajstić information content (AvgIpc) is 3.22. The van der Waals surface area contributed by atoms with E-state index in [1.807, 2.05) is 12.1 Å². The molecule has 24 heavy (non-hydrogen) atoms. The van der Waals surface area contributed by atoms with Crippen LogP contribution in [-0.4, -0.2) is 32.1 Å². The number of aromatic carboxylic acids is 2. The topological polar surface area (TPSA) is 106 Å². The summed E-state index contributed by atoms with van der Waals surface area (Å²) in [5, 5.41) is 19.4. The summed E-state index contributed by atoms with van der Waals surface area (Å²) in [4.78, 5) is 27.0. The molecule has 2 aromatic carbocycles. The van der Waals surface area contributed by atoms with Crippen molar-refractivity contribution in [2.75, 3.05) is 0 Å². The molecule has 0 saturated heterocycles. The molecule has 0 atom stereocenters. The van der Waals surface area contributed by atoms with Gasteiger partial charge in [0.15, 0.2) is 0 Å². The molecule has 0 saturated carbocycles. The lowest BCUT2D eigenvalue weighted by atomic mass is 10.2. The maximum absolute atomic E-state index is 10.6. The van der Waals surface area contributed by atoms with Crippen molar-refractivity contribution in [1.29, 1.82) is 0 Å². The van der Waals surface area contributed by atoms with E-state index in [1.54, 1.807) is 48.8 Å². The van der Waals surface area contributed by atoms with Gasteiger partial charge < -0.3 is 20.2 Å². The number of benzene rings is 2. The predicted octanol–water partition coefficient (Wildman–Crippen LogP) is 3.73. The van der Waals surface area contributed by atoms with Gasteiger partial charge in [0, 0.05) is 23.4 Å². The highest BCUT2D eigenvalue weighted by molar-refractivity contribution is 5.93. The number of carboxylic acids is 2. The van der Waals surface area contributed by atoms with Gasteiger partial charge in [0.05, 0.1) is 11.1 Å². The molecule has 0 fully saturated rings. The first-order valence-electron chi connectivity index (χ1n) is 7.15. The van der Waals surface area contributed by atoms with Crippen molar-refractivity contribution < 1.29 is 19.8 Å². The van der Waals surface area contributed by atoms with Crippen molar-refractivity contribution >= 4 is 33.7 Å². The van der Waals surface area contributed by atoms with Crippen molar-refractivity contribution in [1.82, 2.24) is 9.97 Å². The number of rotatable bonds is 2. The number of carboxylic acid groups (broad SMARTS) is 2. The van der Waals surface area contributed by atoms with Crippen LogP contribution in [0.15, 0.2) is 60.9 Å². The van der Waals surface area contributed by atoms with Crippen LogP contribution in [0.4, 0.5) is 0 Å². The molecule has 0 aliphatic rings. The minimum absolute atomic E-state index is 0.310. The molecule has 0 amide bonds. The van der Waals surface area contributed by atoms with Crippen LogP contribution in [0.5, 0.6) is 0 Å². The number of nitrogens with one attached hydrogen (secondary N) is 2. The van der Waals surface area contributed by atoms with Crippen molar-refractivity contribution in [2.45, 2.75) is 0 Å². The molecule has 4 rings (SSSR count). The van der Waals surface area contributed by atoms with Crippen LogP contribution in [0.3, 0.4) is 0 Å². The van der Waals surface area contributed by atoms with Crippen molar-refractivity contribution in [3.63, 3.8) is 0 Å². The van der Waals surface area contributed by atoms with E-state index in [1.165, 1.54) is 0 Å². The molecule has 2 heterocycles. The van der Waals surface area contributed by atoms with Crippen LogP contribution >= 0.6 is 0 Å². The monoisotopic (exact) mass is 322 g/mol. The van der Waals surface area contributed by atoms with Crippen LogP contribution in [0.25, 0.3) is 21.8 Å². The van der Waals surface area contributed by atoms with Gasteiger partial charge in [-0.3, -0.25) is 0 Å². The van der Waals surface area contributed by atoms with Gasteiger partial charge in [-0.2, -0.15) is 0 Å². The normalized spacial score (nSPS) is 10.3. The van der Waals surface area contributed by atoms with Crippen LogP contribution in [0, 0.1) is 0 Å². The van der Waals surface area contributed by atoms with E-state index in [0.29, 0.717) is 11.1 Å². The Morgan fingerprint density at radius 1 is 0.667 bits per heavy atom. The van der Waals surface area contributed by atoms with Gasteiger partial charge in [0.2, 0.25) is 0 Å². The average molecular weight is 322 g/mol. The highest BCUT2D eigenvalue weighted by Crippen LogP contribution is 2.14. The van der Waals surface area contributed by atoms with Crippen LogP contribution < -0.4 is 0 Å². The molecule has 0 unspecified atom stereocenters. The van der Waals surface area contributed by atoms with E-state index in [-0.39, 0.29) is 0 Å². The second-order valence-electron chi connectivity index (χ2n) is 5.17. The van der Waals surface area contributed by atoms with Gasteiger partial charge >= 0.3 is 11.9 Å². The molecule has 120 valence electrons. The molecule has 4 N–H and O–H groups in total. The number of carbonyl (C=O) groups is 2. The van der Waals surface area contributed by atoms with Crippen LogP contribution in [-0.2, 0) is 0 Å². The smallest absolute Gasteiger partial charge is 0.335 e. The standard InChI is InChI=1S/2C9H7NO2/c2*11-9(12)7-2-1-6-3-4-10-8(6)5-7/h2*1-5,10H,(H,11,12). The lowest BCUT2D eigenvalue weighted by Crippen LogP contribution is -1.94. The highest BCUT2D eigenvalue weighted by atomic mass is 16.4. The molecule has 6 nitrogen and oxygen atoms in total. The minimum Gasteiger partial charge on any atom is -0.478 e. The predicted molar refractivity (Wildman–Crippen MR) is 90.5 cm³/mol. The van der Waals surface area contributed by atoms with Gasteiger partial charge in [-0.25, -0.2) is 9.59 Å². The first-order valence-corrected chi connectivity index (χ1v) is 7.15. The number of fused-ring (bicyclic) bond motifs is 2. The molecule has 0 aliphatic heterocycles. The number of aromatic amines is 2. The van der Waals surface area contributed by atoms with Crippen LogP contribution in [0.2, 0.25) is 0 Å². The fourth-order valence-corrected chi connectivity index (χ4v) is 2.36. The second-order valence-corrected chi connectivity index (χ2v) is 5.17. The third-order valence-corrected chi connectivity index (χ3v) is 3.60. The Bertz CT molecular complexity index is 946. The Labute approximate surface area is 136 Å². The number of hydrogen-bond donors (Lipinski definition) is 4. The zero-order valence-electron chi connectivity index (χ0n) is 12.5. The SMILES string of the molecule is O=C(O)c1ccc2cc[nH]c2c1.O=C(O)c1ccc2cc[nH]c2c1. The zero-order valence-corrected chi connectivity index (χ0v) is 12.5. The summed E-state index contributed by atoms with van der Waals surface area (Å²) in [5.74, 6) is -1.79. The van der Waals surface area contributed by atoms with E-state index in [4.69, 9.17) is 10.2 Å². The molecule has 0 aliphatic carbocycles. The van der Waals surface area contributed by atoms with E-state index in [9.17, 15) is 9.59 Å². The summed E-state index contributed by atoms with van der Waals surface area (Å²) in [6.07, 6.45) is 3.58. The highest BCUT2D eigenvalue weighted by Gasteiger charge is 2.03. The fraction of sp³-hybridized carbons (Fsp3) is 0. The molecular weight excluding hydrogens is 308 g/mol. The Kier molecular flexibility index (Phi) is 4.03. The van der Waals surface area contributed by atoms with E-state index in [0.717, 1.165) is 21.8 Å². The van der Waals surface area contributed by atoms with Gasteiger partial charge in [-0.05, 0) is 47.2 Å². The maximum Gasteiger partial charge on any atom is 0.335 e. The number of aromatic nitrogens is 2. The third kappa shape index (κ3) is 3.12. The summed E-state index contributed by atoms with van der Waals surface area (Å²) in [7, 11) is 0. The summed E-state index contributed by atoms with van der Waals surface area (Å²) in [5.41, 5.74) is 2.33. The van der Waals surface area contributed by atoms with E-state index < -0.39 is 11.9 Å². The van der Waals surface area contributed by atoms with E-state index >= 15 is 0 Å². The minimum atomic E-state index is -0.897. The van der Waals surface area contributed by atoms with Crippen molar-refractivity contribution in [3.8, 4) is 0 Å². The molecule has 0 radical (unpaired) electrons. The second kappa shape index (κ2) is 6.29. The molecule has 0 spiro atoms.